The quantitative estimate of drug-likeness (QED) is 0.874. The van der Waals surface area contributed by atoms with Crippen LogP contribution in [-0.2, 0) is 6.54 Å². The summed E-state index contributed by atoms with van der Waals surface area (Å²) in [5.74, 6) is 0. The van der Waals surface area contributed by atoms with E-state index in [0.29, 0.717) is 6.04 Å². The number of rotatable bonds is 2. The molecular weight excluding hydrogens is 234 g/mol. The van der Waals surface area contributed by atoms with Gasteiger partial charge < -0.3 is 5.73 Å². The fourth-order valence-electron chi connectivity index (χ4n) is 2.24. The van der Waals surface area contributed by atoms with Gasteiger partial charge in [0, 0.05) is 19.1 Å². The zero-order valence-corrected chi connectivity index (χ0v) is 10.6. The van der Waals surface area contributed by atoms with E-state index in [4.69, 9.17) is 11.0 Å². The predicted molar refractivity (Wildman–Crippen MR) is 70.9 cm³/mol. The van der Waals surface area contributed by atoms with Crippen molar-refractivity contribution in [2.75, 3.05) is 13.1 Å². The van der Waals surface area contributed by atoms with Gasteiger partial charge in [-0.2, -0.15) is 5.26 Å². The van der Waals surface area contributed by atoms with Gasteiger partial charge in [-0.3, -0.25) is 4.90 Å². The largest absolute Gasteiger partial charge is 0.327 e. The van der Waals surface area contributed by atoms with E-state index in [1.54, 1.807) is 0 Å². The van der Waals surface area contributed by atoms with Gasteiger partial charge >= 0.3 is 0 Å². The van der Waals surface area contributed by atoms with Gasteiger partial charge in [0.2, 0.25) is 0 Å². The second kappa shape index (κ2) is 6.61. The van der Waals surface area contributed by atoms with Crippen molar-refractivity contribution in [3.8, 4) is 6.07 Å². The van der Waals surface area contributed by atoms with Gasteiger partial charge in [0.25, 0.3) is 0 Å². The molecular formula is C13H18ClN3. The Balaban J connectivity index is 0.00000144. The standard InChI is InChI=1S/C13H17N3.ClH/c14-8-11-4-1-2-5-12(11)9-16-7-3-6-13(15)10-16;/h1-2,4-5,13H,3,6-7,9-10,15H2;1H. The molecule has 92 valence electrons. The monoisotopic (exact) mass is 251 g/mol. The lowest BCUT2D eigenvalue weighted by atomic mass is 10.0. The summed E-state index contributed by atoms with van der Waals surface area (Å²) in [6.07, 6.45) is 2.28. The molecule has 2 rings (SSSR count). The molecule has 17 heavy (non-hydrogen) atoms. The topological polar surface area (TPSA) is 53.0 Å². The molecule has 3 nitrogen and oxygen atoms in total. The third-order valence-corrected chi connectivity index (χ3v) is 3.07. The summed E-state index contributed by atoms with van der Waals surface area (Å²) in [5.41, 5.74) is 7.83. The van der Waals surface area contributed by atoms with Crippen molar-refractivity contribution in [1.82, 2.24) is 4.90 Å². The van der Waals surface area contributed by atoms with Crippen LogP contribution in [0.25, 0.3) is 0 Å². The molecule has 1 saturated heterocycles. The molecule has 1 heterocycles. The zero-order chi connectivity index (χ0) is 11.4. The lowest BCUT2D eigenvalue weighted by Gasteiger charge is -2.30. The highest BCUT2D eigenvalue weighted by Gasteiger charge is 2.17. The van der Waals surface area contributed by atoms with E-state index < -0.39 is 0 Å². The van der Waals surface area contributed by atoms with E-state index in [1.165, 1.54) is 0 Å². The Kier molecular flexibility index (Phi) is 5.43. The van der Waals surface area contributed by atoms with Gasteiger partial charge in [-0.25, -0.2) is 0 Å². The average Bonchev–Trinajstić information content (AvgIpc) is 2.30. The summed E-state index contributed by atoms with van der Waals surface area (Å²) in [4.78, 5) is 2.34. The van der Waals surface area contributed by atoms with Crippen molar-refractivity contribution in [3.05, 3.63) is 35.4 Å². The van der Waals surface area contributed by atoms with Crippen molar-refractivity contribution in [1.29, 1.82) is 5.26 Å². The fourth-order valence-corrected chi connectivity index (χ4v) is 2.24. The fraction of sp³-hybridized carbons (Fsp3) is 0.462. The van der Waals surface area contributed by atoms with Crippen LogP contribution in [0.4, 0.5) is 0 Å². The Labute approximate surface area is 109 Å². The molecule has 1 aliphatic heterocycles. The predicted octanol–water partition coefficient (Wildman–Crippen LogP) is 1.90. The third-order valence-electron chi connectivity index (χ3n) is 3.07. The van der Waals surface area contributed by atoms with E-state index in [1.807, 2.05) is 24.3 Å². The first kappa shape index (κ1) is 14.0. The first-order chi connectivity index (χ1) is 7.79. The summed E-state index contributed by atoms with van der Waals surface area (Å²) >= 11 is 0. The van der Waals surface area contributed by atoms with Crippen molar-refractivity contribution in [2.45, 2.75) is 25.4 Å². The van der Waals surface area contributed by atoms with Crippen LogP contribution in [0.2, 0.25) is 0 Å². The van der Waals surface area contributed by atoms with Gasteiger partial charge in [0.15, 0.2) is 0 Å². The van der Waals surface area contributed by atoms with Gasteiger partial charge in [0.1, 0.15) is 0 Å². The number of hydrogen-bond acceptors (Lipinski definition) is 3. The molecule has 0 spiro atoms. The van der Waals surface area contributed by atoms with Crippen LogP contribution < -0.4 is 5.73 Å². The van der Waals surface area contributed by atoms with E-state index >= 15 is 0 Å². The molecule has 4 heteroatoms. The van der Waals surface area contributed by atoms with E-state index in [2.05, 4.69) is 11.0 Å². The molecule has 0 amide bonds. The number of benzene rings is 1. The molecule has 1 aromatic rings. The second-order valence-electron chi connectivity index (χ2n) is 4.41. The molecule has 1 aliphatic rings. The Morgan fingerprint density at radius 2 is 2.18 bits per heavy atom. The Bertz CT molecular complexity index is 400. The van der Waals surface area contributed by atoms with Crippen LogP contribution in [0.1, 0.15) is 24.0 Å². The van der Waals surface area contributed by atoms with Crippen LogP contribution in [0, 0.1) is 11.3 Å². The Hall–Kier alpha value is -1.08. The van der Waals surface area contributed by atoms with Crippen LogP contribution in [0.3, 0.4) is 0 Å². The number of piperidine rings is 1. The van der Waals surface area contributed by atoms with Gasteiger partial charge in [0.05, 0.1) is 11.6 Å². The first-order valence-electron chi connectivity index (χ1n) is 5.75. The molecule has 0 aliphatic carbocycles. The molecule has 0 bridgehead atoms. The maximum Gasteiger partial charge on any atom is 0.0995 e. The first-order valence-corrected chi connectivity index (χ1v) is 5.75. The summed E-state index contributed by atoms with van der Waals surface area (Å²) in [6.45, 7) is 2.88. The average molecular weight is 252 g/mol. The van der Waals surface area contributed by atoms with Crippen LogP contribution in [0.5, 0.6) is 0 Å². The number of halogens is 1. The highest BCUT2D eigenvalue weighted by molar-refractivity contribution is 5.85. The second-order valence-corrected chi connectivity index (χ2v) is 4.41. The van der Waals surface area contributed by atoms with Gasteiger partial charge in [-0.1, -0.05) is 18.2 Å². The van der Waals surface area contributed by atoms with Crippen molar-refractivity contribution in [3.63, 3.8) is 0 Å². The summed E-state index contributed by atoms with van der Waals surface area (Å²) < 4.78 is 0. The summed E-state index contributed by atoms with van der Waals surface area (Å²) in [5, 5.41) is 9.01. The minimum Gasteiger partial charge on any atom is -0.327 e. The normalized spacial score (nSPS) is 20.4. The lowest BCUT2D eigenvalue weighted by molar-refractivity contribution is 0.201. The SMILES string of the molecule is Cl.N#Cc1ccccc1CN1CCCC(N)C1. The van der Waals surface area contributed by atoms with Crippen molar-refractivity contribution in [2.24, 2.45) is 5.73 Å². The molecule has 1 atom stereocenters. The molecule has 2 N–H and O–H groups in total. The minimum atomic E-state index is 0. The number of likely N-dealkylation sites (tertiary alicyclic amines) is 1. The van der Waals surface area contributed by atoms with E-state index in [0.717, 1.165) is 43.6 Å². The number of nitrogens with two attached hydrogens (primary N) is 1. The number of hydrogen-bond donors (Lipinski definition) is 1. The van der Waals surface area contributed by atoms with Crippen LogP contribution in [-0.4, -0.2) is 24.0 Å². The maximum atomic E-state index is 9.01. The van der Waals surface area contributed by atoms with Crippen molar-refractivity contribution >= 4 is 12.4 Å². The van der Waals surface area contributed by atoms with Gasteiger partial charge in [-0.15, -0.1) is 12.4 Å². The Morgan fingerprint density at radius 3 is 2.88 bits per heavy atom. The van der Waals surface area contributed by atoms with Gasteiger partial charge in [-0.05, 0) is 31.0 Å². The molecule has 0 saturated carbocycles. The van der Waals surface area contributed by atoms with Crippen LogP contribution in [0.15, 0.2) is 24.3 Å². The molecule has 1 aromatic carbocycles. The Morgan fingerprint density at radius 1 is 1.41 bits per heavy atom. The van der Waals surface area contributed by atoms with E-state index in [-0.39, 0.29) is 12.4 Å². The molecule has 0 radical (unpaired) electrons. The minimum absolute atomic E-state index is 0. The molecule has 0 aromatic heterocycles. The molecule has 1 unspecified atom stereocenters. The number of nitrogens with zero attached hydrogens (tertiary/aromatic N) is 2. The van der Waals surface area contributed by atoms with Crippen molar-refractivity contribution < 1.29 is 0 Å². The van der Waals surface area contributed by atoms with E-state index in [9.17, 15) is 0 Å². The highest BCUT2D eigenvalue weighted by Crippen LogP contribution is 2.15. The summed E-state index contributed by atoms with van der Waals surface area (Å²) in [6, 6.07) is 10.3. The number of nitriles is 1. The molecule has 1 fully saturated rings. The smallest absolute Gasteiger partial charge is 0.0995 e. The zero-order valence-electron chi connectivity index (χ0n) is 9.80. The third kappa shape index (κ3) is 3.71. The maximum absolute atomic E-state index is 9.01. The summed E-state index contributed by atoms with van der Waals surface area (Å²) in [7, 11) is 0. The highest BCUT2D eigenvalue weighted by atomic mass is 35.5. The van der Waals surface area contributed by atoms with Crippen LogP contribution >= 0.6 is 12.4 Å². The lowest BCUT2D eigenvalue weighted by Crippen LogP contribution is -2.42.